The van der Waals surface area contributed by atoms with Gasteiger partial charge in [-0.15, -0.1) is 0 Å². The SMILES string of the molecule is CCCCCOc1ccc(C2c3c(-c4c(C)cc(C)cc4O)n[nH]c3C(=O)N2Cc2ccco2)cc1. The molecule has 0 saturated heterocycles. The lowest BCUT2D eigenvalue weighted by Gasteiger charge is -2.26. The molecule has 0 spiro atoms. The Bertz CT molecular complexity index is 1330. The minimum absolute atomic E-state index is 0.147. The van der Waals surface area contributed by atoms with Crippen molar-refractivity contribution in [3.63, 3.8) is 0 Å². The Kier molecular flexibility index (Phi) is 6.55. The second-order valence-electron chi connectivity index (χ2n) is 9.38. The number of aryl methyl sites for hydroxylation is 2. The van der Waals surface area contributed by atoms with Crippen LogP contribution in [0.4, 0.5) is 0 Å². The molecule has 2 aromatic heterocycles. The number of unbranched alkanes of at least 4 members (excludes halogenated alkanes) is 2. The van der Waals surface area contributed by atoms with E-state index in [0.717, 1.165) is 47.3 Å². The number of aromatic hydroxyl groups is 1. The number of hydrogen-bond donors (Lipinski definition) is 2. The molecule has 1 unspecified atom stereocenters. The topological polar surface area (TPSA) is 91.6 Å². The number of aromatic nitrogens is 2. The van der Waals surface area contributed by atoms with Gasteiger partial charge in [0.25, 0.3) is 5.91 Å². The molecule has 0 aliphatic carbocycles. The smallest absolute Gasteiger partial charge is 0.273 e. The molecule has 186 valence electrons. The van der Waals surface area contributed by atoms with E-state index < -0.39 is 6.04 Å². The highest BCUT2D eigenvalue weighted by Gasteiger charge is 2.43. The van der Waals surface area contributed by atoms with E-state index in [1.54, 1.807) is 17.2 Å². The molecule has 2 N–H and O–H groups in total. The molecule has 1 atom stereocenters. The number of carbonyl (C=O) groups is 1. The van der Waals surface area contributed by atoms with Crippen LogP contribution in [0.3, 0.4) is 0 Å². The Morgan fingerprint density at radius 1 is 1.14 bits per heavy atom. The Morgan fingerprint density at radius 2 is 1.94 bits per heavy atom. The van der Waals surface area contributed by atoms with Crippen molar-refractivity contribution in [2.24, 2.45) is 0 Å². The van der Waals surface area contributed by atoms with E-state index in [1.807, 2.05) is 56.3 Å². The van der Waals surface area contributed by atoms with E-state index in [4.69, 9.17) is 9.15 Å². The Morgan fingerprint density at radius 3 is 2.64 bits per heavy atom. The summed E-state index contributed by atoms with van der Waals surface area (Å²) >= 11 is 0. The quantitative estimate of drug-likeness (QED) is 0.271. The van der Waals surface area contributed by atoms with Crippen molar-refractivity contribution in [2.45, 2.75) is 52.6 Å². The zero-order valence-electron chi connectivity index (χ0n) is 20.9. The van der Waals surface area contributed by atoms with Crippen LogP contribution in [0.1, 0.15) is 70.7 Å². The van der Waals surface area contributed by atoms with Gasteiger partial charge in [-0.1, -0.05) is 38.0 Å². The summed E-state index contributed by atoms with van der Waals surface area (Å²) in [6.45, 7) is 7.05. The molecule has 0 saturated carbocycles. The summed E-state index contributed by atoms with van der Waals surface area (Å²) < 4.78 is 11.5. The van der Waals surface area contributed by atoms with Crippen LogP contribution in [-0.2, 0) is 6.54 Å². The maximum atomic E-state index is 13.6. The molecule has 3 heterocycles. The first-order chi connectivity index (χ1) is 17.5. The maximum absolute atomic E-state index is 13.6. The van der Waals surface area contributed by atoms with Gasteiger partial charge in [0.15, 0.2) is 0 Å². The van der Waals surface area contributed by atoms with Crippen LogP contribution in [0.5, 0.6) is 11.5 Å². The van der Waals surface area contributed by atoms with Crippen LogP contribution in [0.25, 0.3) is 11.3 Å². The molecule has 5 rings (SSSR count). The van der Waals surface area contributed by atoms with Gasteiger partial charge < -0.3 is 19.2 Å². The standard InChI is InChI=1S/C29H31N3O4/c1-4-5-6-13-35-21-11-9-20(10-12-21)28-25-26(24-19(3)15-18(2)16-23(24)33)30-31-27(25)29(34)32(28)17-22-8-7-14-36-22/h7-12,14-16,28,33H,4-6,13,17H2,1-3H3,(H,30,31). The highest BCUT2D eigenvalue weighted by Crippen LogP contribution is 2.46. The van der Waals surface area contributed by atoms with E-state index >= 15 is 0 Å². The number of amides is 1. The second-order valence-corrected chi connectivity index (χ2v) is 9.38. The minimum Gasteiger partial charge on any atom is -0.507 e. The normalized spacial score (nSPS) is 14.9. The minimum atomic E-state index is -0.402. The number of nitrogens with one attached hydrogen (secondary N) is 1. The molecular formula is C29H31N3O4. The molecule has 7 heteroatoms. The van der Waals surface area contributed by atoms with E-state index in [9.17, 15) is 9.90 Å². The van der Waals surface area contributed by atoms with Gasteiger partial charge in [0, 0.05) is 11.1 Å². The van der Waals surface area contributed by atoms with Gasteiger partial charge >= 0.3 is 0 Å². The number of fused-ring (bicyclic) bond motifs is 1. The fourth-order valence-corrected chi connectivity index (χ4v) is 5.01. The van der Waals surface area contributed by atoms with Gasteiger partial charge in [0.2, 0.25) is 0 Å². The molecular weight excluding hydrogens is 454 g/mol. The van der Waals surface area contributed by atoms with Gasteiger partial charge in [-0.2, -0.15) is 5.10 Å². The first-order valence-electron chi connectivity index (χ1n) is 12.4. The molecule has 2 aromatic carbocycles. The third-order valence-corrected chi connectivity index (χ3v) is 6.68. The van der Waals surface area contributed by atoms with Gasteiger partial charge in [-0.25, -0.2) is 0 Å². The Hall–Kier alpha value is -4.00. The highest BCUT2D eigenvalue weighted by atomic mass is 16.5. The summed E-state index contributed by atoms with van der Waals surface area (Å²) in [5, 5.41) is 18.3. The number of hydrogen-bond acceptors (Lipinski definition) is 5. The third kappa shape index (κ3) is 4.37. The Balaban J connectivity index is 1.56. The number of ether oxygens (including phenoxy) is 1. The third-order valence-electron chi connectivity index (χ3n) is 6.68. The van der Waals surface area contributed by atoms with Crippen molar-refractivity contribution in [2.75, 3.05) is 6.61 Å². The van der Waals surface area contributed by atoms with E-state index in [2.05, 4.69) is 17.1 Å². The van der Waals surface area contributed by atoms with Crippen molar-refractivity contribution in [1.82, 2.24) is 15.1 Å². The van der Waals surface area contributed by atoms with E-state index in [1.165, 1.54) is 0 Å². The van der Waals surface area contributed by atoms with Gasteiger partial charge in [-0.3, -0.25) is 9.89 Å². The zero-order chi connectivity index (χ0) is 25.2. The largest absolute Gasteiger partial charge is 0.507 e. The summed E-state index contributed by atoms with van der Waals surface area (Å²) in [6, 6.07) is 14.9. The number of furan rings is 1. The number of phenols is 1. The lowest BCUT2D eigenvalue weighted by molar-refractivity contribution is 0.0717. The summed E-state index contributed by atoms with van der Waals surface area (Å²) in [7, 11) is 0. The average molecular weight is 486 g/mol. The average Bonchev–Trinajstić information content (AvgIpc) is 3.57. The van der Waals surface area contributed by atoms with Crippen LogP contribution in [-0.4, -0.2) is 32.7 Å². The molecule has 1 aliphatic rings. The molecule has 36 heavy (non-hydrogen) atoms. The van der Waals surface area contributed by atoms with Gasteiger partial charge in [0.1, 0.15) is 28.6 Å². The zero-order valence-corrected chi connectivity index (χ0v) is 20.9. The number of H-pyrrole nitrogens is 1. The van der Waals surface area contributed by atoms with Crippen molar-refractivity contribution in [3.05, 3.63) is 88.5 Å². The van der Waals surface area contributed by atoms with Crippen molar-refractivity contribution in [3.8, 4) is 22.8 Å². The number of nitrogens with zero attached hydrogens (tertiary/aromatic N) is 2. The van der Waals surface area contributed by atoms with Crippen molar-refractivity contribution >= 4 is 5.91 Å². The second kappa shape index (κ2) is 9.93. The molecule has 0 radical (unpaired) electrons. The lowest BCUT2D eigenvalue weighted by Crippen LogP contribution is -2.29. The molecule has 1 amide bonds. The fourth-order valence-electron chi connectivity index (χ4n) is 5.01. The van der Waals surface area contributed by atoms with E-state index in [0.29, 0.717) is 35.9 Å². The van der Waals surface area contributed by atoms with Crippen LogP contribution in [0.2, 0.25) is 0 Å². The van der Waals surface area contributed by atoms with E-state index in [-0.39, 0.29) is 11.7 Å². The summed E-state index contributed by atoms with van der Waals surface area (Å²) in [5.74, 6) is 1.48. The van der Waals surface area contributed by atoms with Crippen LogP contribution < -0.4 is 4.74 Å². The molecule has 0 fully saturated rings. The predicted octanol–water partition coefficient (Wildman–Crippen LogP) is 6.31. The van der Waals surface area contributed by atoms with Crippen molar-refractivity contribution in [1.29, 1.82) is 0 Å². The Labute approximate surface area is 210 Å². The summed E-state index contributed by atoms with van der Waals surface area (Å²) in [6.07, 6.45) is 4.92. The fraction of sp³-hybridized carbons (Fsp3) is 0.310. The van der Waals surface area contributed by atoms with Gasteiger partial charge in [0.05, 0.1) is 25.5 Å². The summed E-state index contributed by atoms with van der Waals surface area (Å²) in [4.78, 5) is 15.4. The van der Waals surface area contributed by atoms with Crippen LogP contribution in [0, 0.1) is 13.8 Å². The maximum Gasteiger partial charge on any atom is 0.273 e. The van der Waals surface area contributed by atoms with Crippen molar-refractivity contribution < 1.29 is 19.1 Å². The number of aromatic amines is 1. The predicted molar refractivity (Wildman–Crippen MR) is 137 cm³/mol. The summed E-state index contributed by atoms with van der Waals surface area (Å²) in [5.41, 5.74) is 5.19. The highest BCUT2D eigenvalue weighted by molar-refractivity contribution is 6.00. The van der Waals surface area contributed by atoms with Crippen LogP contribution >= 0.6 is 0 Å². The molecule has 0 bridgehead atoms. The number of rotatable bonds is 9. The monoisotopic (exact) mass is 485 g/mol. The first kappa shape index (κ1) is 23.7. The number of benzene rings is 2. The molecule has 7 nitrogen and oxygen atoms in total. The number of phenolic OH excluding ortho intramolecular Hbond substituents is 1. The molecule has 4 aromatic rings. The lowest BCUT2D eigenvalue weighted by atomic mass is 9.93. The first-order valence-corrected chi connectivity index (χ1v) is 12.4. The van der Waals surface area contributed by atoms with Gasteiger partial charge in [-0.05, 0) is 67.3 Å². The van der Waals surface area contributed by atoms with Crippen LogP contribution in [0.15, 0.2) is 59.2 Å². The number of carbonyl (C=O) groups excluding carboxylic acids is 1. The molecule has 1 aliphatic heterocycles.